The predicted molar refractivity (Wildman–Crippen MR) is 98.5 cm³/mol. The first-order valence-electron chi connectivity index (χ1n) is 9.24. The average Bonchev–Trinajstić information content (AvgIpc) is 2.59. The lowest BCUT2D eigenvalue weighted by Crippen LogP contribution is -2.25. The number of aryl methyl sites for hydroxylation is 1. The lowest BCUT2D eigenvalue weighted by atomic mass is 10.0. The van der Waals surface area contributed by atoms with Gasteiger partial charge in [-0.2, -0.15) is 0 Å². The summed E-state index contributed by atoms with van der Waals surface area (Å²) in [6, 6.07) is 9.93. The number of nitro groups is 1. The first-order chi connectivity index (χ1) is 12.1. The maximum atomic E-state index is 11.0. The molecule has 0 fully saturated rings. The van der Waals surface area contributed by atoms with Crippen LogP contribution in [0.3, 0.4) is 0 Å². The Kier molecular flexibility index (Phi) is 11.1. The van der Waals surface area contributed by atoms with Crippen LogP contribution in [0, 0.1) is 10.1 Å². The maximum Gasteiger partial charge on any atom is 0.404 e. The van der Waals surface area contributed by atoms with Crippen molar-refractivity contribution < 1.29 is 14.8 Å². The highest BCUT2D eigenvalue weighted by Gasteiger charge is 2.18. The summed E-state index contributed by atoms with van der Waals surface area (Å²) >= 11 is 0. The van der Waals surface area contributed by atoms with Gasteiger partial charge in [0.2, 0.25) is 6.04 Å². The first kappa shape index (κ1) is 20.9. The molecule has 1 amide bonds. The number of amides is 1. The second-order valence-corrected chi connectivity index (χ2v) is 6.46. The minimum absolute atomic E-state index is 0.222. The smallest absolute Gasteiger partial charge is 0.404 e. The molecule has 0 aromatic heterocycles. The molecule has 0 saturated carbocycles. The van der Waals surface area contributed by atoms with Gasteiger partial charge in [-0.3, -0.25) is 10.1 Å². The van der Waals surface area contributed by atoms with Crippen molar-refractivity contribution in [3.8, 4) is 0 Å². The van der Waals surface area contributed by atoms with Crippen LogP contribution in [-0.2, 0) is 6.42 Å². The number of carbonyl (C=O) groups is 1. The summed E-state index contributed by atoms with van der Waals surface area (Å²) in [6.07, 6.45) is 8.18. The normalized spacial score (nSPS) is 11.8. The third-order valence-corrected chi connectivity index (χ3v) is 4.38. The van der Waals surface area contributed by atoms with Gasteiger partial charge >= 0.3 is 6.09 Å². The molecule has 1 atom stereocenters. The molecule has 2 N–H and O–H groups in total. The molecule has 6 nitrogen and oxygen atoms in total. The zero-order chi connectivity index (χ0) is 18.3. The van der Waals surface area contributed by atoms with Gasteiger partial charge in [-0.15, -0.1) is 0 Å². The third kappa shape index (κ3) is 11.1. The number of nitrogens with one attached hydrogen (secondary N) is 1. The monoisotopic (exact) mass is 350 g/mol. The van der Waals surface area contributed by atoms with Crippen LogP contribution >= 0.6 is 0 Å². The number of hydrogen-bond acceptors (Lipinski definition) is 3. The van der Waals surface area contributed by atoms with Crippen molar-refractivity contribution in [3.63, 3.8) is 0 Å². The molecule has 0 aliphatic rings. The van der Waals surface area contributed by atoms with E-state index in [1.165, 1.54) is 24.8 Å². The van der Waals surface area contributed by atoms with E-state index in [0.29, 0.717) is 19.3 Å². The number of carboxylic acid groups (broad SMARTS) is 1. The van der Waals surface area contributed by atoms with Gasteiger partial charge in [0.25, 0.3) is 0 Å². The van der Waals surface area contributed by atoms with E-state index in [9.17, 15) is 14.9 Å². The van der Waals surface area contributed by atoms with Crippen LogP contribution in [0.1, 0.15) is 63.4 Å². The highest BCUT2D eigenvalue weighted by Crippen LogP contribution is 2.14. The molecule has 0 spiro atoms. The molecule has 1 aromatic rings. The van der Waals surface area contributed by atoms with Gasteiger partial charge in [-0.05, 0) is 31.2 Å². The van der Waals surface area contributed by atoms with Crippen molar-refractivity contribution in [2.75, 3.05) is 6.54 Å². The number of unbranched alkanes of at least 4 members (excludes halogenated alkanes) is 5. The molecule has 25 heavy (non-hydrogen) atoms. The molecule has 0 heterocycles. The summed E-state index contributed by atoms with van der Waals surface area (Å²) < 4.78 is 0. The molecule has 140 valence electrons. The topological polar surface area (TPSA) is 92.5 Å². The van der Waals surface area contributed by atoms with Crippen molar-refractivity contribution in [2.45, 2.75) is 70.3 Å². The summed E-state index contributed by atoms with van der Waals surface area (Å²) in [4.78, 5) is 21.1. The maximum absolute atomic E-state index is 11.0. The molecule has 1 aromatic carbocycles. The van der Waals surface area contributed by atoms with Gasteiger partial charge in [0.05, 0.1) is 0 Å². The van der Waals surface area contributed by atoms with E-state index in [2.05, 4.69) is 29.6 Å². The molecule has 0 saturated heterocycles. The second kappa shape index (κ2) is 13.2. The number of rotatable bonds is 14. The molecule has 0 aliphatic carbocycles. The van der Waals surface area contributed by atoms with Crippen LogP contribution in [0.25, 0.3) is 0 Å². The largest absolute Gasteiger partial charge is 0.465 e. The Balaban J connectivity index is 2.00. The molecular weight excluding hydrogens is 320 g/mol. The fraction of sp³-hybridized carbons (Fsp3) is 0.632. The van der Waals surface area contributed by atoms with Crippen LogP contribution in [0.4, 0.5) is 4.79 Å². The van der Waals surface area contributed by atoms with Crippen molar-refractivity contribution >= 4 is 6.09 Å². The van der Waals surface area contributed by atoms with Crippen LogP contribution in [0.2, 0.25) is 0 Å². The fourth-order valence-corrected chi connectivity index (χ4v) is 2.95. The van der Waals surface area contributed by atoms with E-state index in [0.717, 1.165) is 25.7 Å². The van der Waals surface area contributed by atoms with Gasteiger partial charge in [0, 0.05) is 24.3 Å². The van der Waals surface area contributed by atoms with E-state index in [1.807, 2.05) is 6.07 Å². The Morgan fingerprint density at radius 3 is 2.24 bits per heavy atom. The SMILES string of the molecule is O=C(O)NCCCC(CCCCCCCCc1ccccc1)[N+](=O)[O-]. The van der Waals surface area contributed by atoms with E-state index >= 15 is 0 Å². The Labute approximate surface area is 149 Å². The van der Waals surface area contributed by atoms with Gasteiger partial charge in [0.1, 0.15) is 0 Å². The van der Waals surface area contributed by atoms with Crippen molar-refractivity contribution in [1.82, 2.24) is 5.32 Å². The standard InChI is InChI=1S/C19H30N2O4/c22-19(23)20-16-10-15-18(21(24)25)14-9-4-2-1-3-6-11-17-12-7-5-8-13-17/h5,7-8,12-13,18,20H,1-4,6,9-11,14-16H2,(H,22,23). The Hall–Kier alpha value is -2.11. The molecular formula is C19H30N2O4. The van der Waals surface area contributed by atoms with Crippen molar-refractivity contribution in [2.24, 2.45) is 0 Å². The summed E-state index contributed by atoms with van der Waals surface area (Å²) in [7, 11) is 0. The molecule has 0 radical (unpaired) electrons. The molecule has 0 aliphatic heterocycles. The van der Waals surface area contributed by atoms with Gasteiger partial charge in [-0.1, -0.05) is 56.0 Å². The third-order valence-electron chi connectivity index (χ3n) is 4.38. The summed E-state index contributed by atoms with van der Waals surface area (Å²) in [5, 5.41) is 21.7. The zero-order valence-corrected chi connectivity index (χ0v) is 14.9. The average molecular weight is 350 g/mol. The summed E-state index contributed by atoms with van der Waals surface area (Å²) in [5.74, 6) is 0. The minimum Gasteiger partial charge on any atom is -0.465 e. The van der Waals surface area contributed by atoms with E-state index < -0.39 is 12.1 Å². The quantitative estimate of drug-likeness (QED) is 0.290. The van der Waals surface area contributed by atoms with E-state index in [1.54, 1.807) is 0 Å². The van der Waals surface area contributed by atoms with E-state index in [-0.39, 0.29) is 11.5 Å². The number of hydrogen-bond donors (Lipinski definition) is 2. The summed E-state index contributed by atoms with van der Waals surface area (Å²) in [6.45, 7) is 0.279. The highest BCUT2D eigenvalue weighted by molar-refractivity contribution is 5.64. The molecule has 1 rings (SSSR count). The van der Waals surface area contributed by atoms with Crippen LogP contribution in [0.15, 0.2) is 30.3 Å². The molecule has 6 heteroatoms. The molecule has 1 unspecified atom stereocenters. The van der Waals surface area contributed by atoms with Gasteiger partial charge < -0.3 is 10.4 Å². The number of benzene rings is 1. The Morgan fingerprint density at radius 2 is 1.60 bits per heavy atom. The summed E-state index contributed by atoms with van der Waals surface area (Å²) in [5.41, 5.74) is 1.38. The van der Waals surface area contributed by atoms with Crippen molar-refractivity contribution in [3.05, 3.63) is 46.0 Å². The van der Waals surface area contributed by atoms with Crippen molar-refractivity contribution in [1.29, 1.82) is 0 Å². The fourth-order valence-electron chi connectivity index (χ4n) is 2.95. The van der Waals surface area contributed by atoms with E-state index in [4.69, 9.17) is 5.11 Å². The first-order valence-corrected chi connectivity index (χ1v) is 9.24. The lowest BCUT2D eigenvalue weighted by Gasteiger charge is -2.09. The number of nitrogens with zero attached hydrogens (tertiary/aromatic N) is 1. The Morgan fingerprint density at radius 1 is 1.00 bits per heavy atom. The van der Waals surface area contributed by atoms with Crippen LogP contribution in [0.5, 0.6) is 0 Å². The van der Waals surface area contributed by atoms with Gasteiger partial charge in [0.15, 0.2) is 0 Å². The lowest BCUT2D eigenvalue weighted by molar-refractivity contribution is -0.524. The minimum atomic E-state index is -1.08. The second-order valence-electron chi connectivity index (χ2n) is 6.46. The van der Waals surface area contributed by atoms with Crippen LogP contribution < -0.4 is 5.32 Å². The molecule has 0 bridgehead atoms. The predicted octanol–water partition coefficient (Wildman–Crippen LogP) is 4.65. The Bertz CT molecular complexity index is 493. The highest BCUT2D eigenvalue weighted by atomic mass is 16.6. The van der Waals surface area contributed by atoms with Gasteiger partial charge in [-0.25, -0.2) is 4.79 Å². The van der Waals surface area contributed by atoms with Crippen LogP contribution in [-0.4, -0.2) is 28.7 Å². The zero-order valence-electron chi connectivity index (χ0n) is 14.9.